The van der Waals surface area contributed by atoms with E-state index in [0.29, 0.717) is 12.8 Å². The number of esters is 1. The number of carboxylic acid groups (broad SMARTS) is 1. The Balaban J connectivity index is 4.47. The van der Waals surface area contributed by atoms with Crippen molar-refractivity contribution in [2.24, 2.45) is 0 Å². The maximum absolute atomic E-state index is 12.7. The number of hydrogen-bond acceptors (Lipinski definition) is 6. The van der Waals surface area contributed by atoms with E-state index in [1.807, 2.05) is 6.08 Å². The first kappa shape index (κ1) is 52.0. The normalized spacial score (nSPS) is 13.3. The monoisotopic (exact) mass is 781 g/mol. The lowest BCUT2D eigenvalue weighted by atomic mass is 10.1. The number of carboxylic acids is 1. The van der Waals surface area contributed by atoms with E-state index < -0.39 is 24.5 Å². The Bertz CT molecular complexity index is 1210. The first-order valence-electron chi connectivity index (χ1n) is 21.5. The second kappa shape index (κ2) is 40.7. The Morgan fingerprint density at radius 2 is 1.07 bits per heavy atom. The van der Waals surface area contributed by atoms with Crippen LogP contribution in [0.4, 0.5) is 0 Å². The molecule has 0 spiro atoms. The van der Waals surface area contributed by atoms with Gasteiger partial charge < -0.3 is 25.6 Å². The van der Waals surface area contributed by atoms with Gasteiger partial charge in [-0.25, -0.2) is 4.79 Å². The van der Waals surface area contributed by atoms with Gasteiger partial charge in [-0.3, -0.25) is 14.4 Å². The van der Waals surface area contributed by atoms with Crippen LogP contribution in [0, 0.1) is 0 Å². The van der Waals surface area contributed by atoms with Gasteiger partial charge >= 0.3 is 11.9 Å². The molecule has 0 fully saturated rings. The molecule has 2 amide bonds. The van der Waals surface area contributed by atoms with Crippen LogP contribution in [-0.2, 0) is 23.9 Å². The average Bonchev–Trinajstić information content (AvgIpc) is 3.18. The first-order chi connectivity index (χ1) is 27.3. The predicted molar refractivity (Wildman–Crippen MR) is 231 cm³/mol. The number of carbonyl (C=O) groups excluding carboxylic acids is 3. The number of aliphatic hydroxyl groups excluding tert-OH is 1. The number of rotatable bonds is 37. The van der Waals surface area contributed by atoms with Crippen molar-refractivity contribution in [3.05, 3.63) is 85.1 Å². The second-order valence-electron chi connectivity index (χ2n) is 14.0. The van der Waals surface area contributed by atoms with Crippen molar-refractivity contribution in [1.29, 1.82) is 0 Å². The van der Waals surface area contributed by atoms with Gasteiger partial charge in [-0.1, -0.05) is 138 Å². The fraction of sp³-hybridized carbons (Fsp3) is 0.617. The van der Waals surface area contributed by atoms with Crippen molar-refractivity contribution in [2.75, 3.05) is 13.2 Å². The van der Waals surface area contributed by atoms with Gasteiger partial charge in [-0.05, 0) is 96.0 Å². The molecule has 0 bridgehead atoms. The molecule has 316 valence electrons. The van der Waals surface area contributed by atoms with Gasteiger partial charge in [0.05, 0.1) is 13.2 Å². The van der Waals surface area contributed by atoms with Crippen LogP contribution in [0.1, 0.15) is 162 Å². The highest BCUT2D eigenvalue weighted by atomic mass is 16.5. The lowest BCUT2D eigenvalue weighted by Gasteiger charge is -2.14. The summed E-state index contributed by atoms with van der Waals surface area (Å²) in [5.41, 5.74) is 0. The minimum atomic E-state index is -1.39. The van der Waals surface area contributed by atoms with Crippen LogP contribution in [0.25, 0.3) is 0 Å². The first-order valence-corrected chi connectivity index (χ1v) is 21.5. The third-order valence-electron chi connectivity index (χ3n) is 8.86. The summed E-state index contributed by atoms with van der Waals surface area (Å²) >= 11 is 0. The van der Waals surface area contributed by atoms with Gasteiger partial charge in [0.2, 0.25) is 11.8 Å². The standard InChI is InChI=1S/C47H76N2O7/c1-3-5-7-9-11-13-15-16-17-18-19-20-22-24-26-31-35-39-46(53)56-42(36-32-28-25-23-21-14-12-10-8-6-4-2)37-33-29-27-30-34-38-44(51)48-40-45(52)49-43(41-50)47(54)55/h5,7,11-14,16-17,19-20,23,25,32,36,42-43,50H,3-4,6,8-10,15,18,21-22,24,26-31,33-35,37-41H2,1-2H3,(H,48,51)(H,49,52)(H,54,55)/b7-5-,13-11-,14-12-,17-16-,20-19-,25-23-,36-32-. The zero-order valence-electron chi connectivity index (χ0n) is 34.9. The molecule has 0 saturated carbocycles. The molecule has 0 aromatic rings. The third kappa shape index (κ3) is 37.0. The molecule has 0 aliphatic rings. The van der Waals surface area contributed by atoms with Gasteiger partial charge in [0.25, 0.3) is 0 Å². The largest absolute Gasteiger partial charge is 0.480 e. The maximum atomic E-state index is 12.7. The quantitative estimate of drug-likeness (QED) is 0.0279. The summed E-state index contributed by atoms with van der Waals surface area (Å²) in [5, 5.41) is 22.5. The number of unbranched alkanes of at least 4 members (excludes halogenated alkanes) is 11. The maximum Gasteiger partial charge on any atom is 0.328 e. The molecule has 2 atom stereocenters. The number of allylic oxidation sites excluding steroid dienone is 13. The Morgan fingerprint density at radius 3 is 1.64 bits per heavy atom. The highest BCUT2D eigenvalue weighted by Crippen LogP contribution is 2.14. The van der Waals surface area contributed by atoms with E-state index in [0.717, 1.165) is 109 Å². The van der Waals surface area contributed by atoms with E-state index in [-0.39, 0.29) is 30.9 Å². The number of nitrogens with one attached hydrogen (secondary N) is 2. The molecule has 0 saturated heterocycles. The summed E-state index contributed by atoms with van der Waals surface area (Å²) in [6.07, 6.45) is 51.9. The smallest absolute Gasteiger partial charge is 0.328 e. The van der Waals surface area contributed by atoms with Gasteiger partial charge in [-0.2, -0.15) is 0 Å². The van der Waals surface area contributed by atoms with Crippen molar-refractivity contribution in [1.82, 2.24) is 10.6 Å². The van der Waals surface area contributed by atoms with E-state index in [4.69, 9.17) is 14.9 Å². The molecule has 56 heavy (non-hydrogen) atoms. The lowest BCUT2D eigenvalue weighted by molar-refractivity contribution is -0.147. The molecule has 9 heteroatoms. The Hall–Kier alpha value is -3.98. The van der Waals surface area contributed by atoms with E-state index in [2.05, 4.69) is 103 Å². The van der Waals surface area contributed by atoms with Crippen LogP contribution in [0.2, 0.25) is 0 Å². The van der Waals surface area contributed by atoms with Crippen molar-refractivity contribution in [2.45, 2.75) is 174 Å². The van der Waals surface area contributed by atoms with Gasteiger partial charge in [0, 0.05) is 12.8 Å². The Labute approximate surface area is 339 Å². The van der Waals surface area contributed by atoms with Crippen molar-refractivity contribution in [3.63, 3.8) is 0 Å². The van der Waals surface area contributed by atoms with Crippen LogP contribution in [-0.4, -0.2) is 59.3 Å². The zero-order valence-corrected chi connectivity index (χ0v) is 34.9. The molecule has 2 unspecified atom stereocenters. The number of hydrogen-bond donors (Lipinski definition) is 4. The molecular formula is C47H76N2O7. The van der Waals surface area contributed by atoms with Gasteiger partial charge in [-0.15, -0.1) is 0 Å². The summed E-state index contributed by atoms with van der Waals surface area (Å²) in [7, 11) is 0. The fourth-order valence-electron chi connectivity index (χ4n) is 5.57. The fourth-order valence-corrected chi connectivity index (χ4v) is 5.57. The second-order valence-corrected chi connectivity index (χ2v) is 14.0. The summed E-state index contributed by atoms with van der Waals surface area (Å²) in [5.74, 6) is -2.43. The Morgan fingerprint density at radius 1 is 0.571 bits per heavy atom. The highest BCUT2D eigenvalue weighted by molar-refractivity contribution is 5.87. The topological polar surface area (TPSA) is 142 Å². The molecular weight excluding hydrogens is 705 g/mol. The zero-order chi connectivity index (χ0) is 41.2. The van der Waals surface area contributed by atoms with Crippen LogP contribution in [0.5, 0.6) is 0 Å². The number of carbonyl (C=O) groups is 4. The SMILES string of the molecule is CC/C=C\C/C=C\C/C=C\C/C=C\CCCCCCC(=O)OC(/C=C\C/C=C\C/C=C\CCCCC)CCCCCCCC(=O)NCC(=O)NC(CO)C(=O)O. The predicted octanol–water partition coefficient (Wildman–Crippen LogP) is 10.5. The van der Waals surface area contributed by atoms with Gasteiger partial charge in [0.15, 0.2) is 0 Å². The van der Waals surface area contributed by atoms with E-state index >= 15 is 0 Å². The molecule has 0 aliphatic carbocycles. The van der Waals surface area contributed by atoms with Crippen LogP contribution in [0.15, 0.2) is 85.1 Å². The van der Waals surface area contributed by atoms with Crippen molar-refractivity contribution in [3.8, 4) is 0 Å². The van der Waals surface area contributed by atoms with Crippen LogP contribution in [0.3, 0.4) is 0 Å². The average molecular weight is 781 g/mol. The molecule has 0 radical (unpaired) electrons. The molecule has 4 N–H and O–H groups in total. The third-order valence-corrected chi connectivity index (χ3v) is 8.86. The summed E-state index contributed by atoms with van der Waals surface area (Å²) in [4.78, 5) is 47.5. The van der Waals surface area contributed by atoms with E-state index in [1.165, 1.54) is 19.3 Å². The summed E-state index contributed by atoms with van der Waals surface area (Å²) in [6.45, 7) is 3.30. The lowest BCUT2D eigenvalue weighted by Crippen LogP contribution is -2.47. The summed E-state index contributed by atoms with van der Waals surface area (Å²) in [6, 6.07) is -1.39. The van der Waals surface area contributed by atoms with E-state index in [1.54, 1.807) is 0 Å². The molecule has 0 aromatic carbocycles. The molecule has 0 heterocycles. The van der Waals surface area contributed by atoms with Gasteiger partial charge in [0.1, 0.15) is 12.1 Å². The molecule has 0 rings (SSSR count). The summed E-state index contributed by atoms with van der Waals surface area (Å²) < 4.78 is 5.90. The van der Waals surface area contributed by atoms with Crippen molar-refractivity contribution < 1.29 is 34.1 Å². The Kier molecular flexibility index (Phi) is 37.8. The van der Waals surface area contributed by atoms with Crippen LogP contribution < -0.4 is 10.6 Å². The molecule has 0 aliphatic heterocycles. The minimum absolute atomic E-state index is 0.142. The molecule has 0 aromatic heterocycles. The van der Waals surface area contributed by atoms with E-state index in [9.17, 15) is 19.2 Å². The molecule has 9 nitrogen and oxygen atoms in total. The number of aliphatic carboxylic acids is 1. The number of ether oxygens (including phenoxy) is 1. The van der Waals surface area contributed by atoms with Crippen molar-refractivity contribution >= 4 is 23.8 Å². The highest BCUT2D eigenvalue weighted by Gasteiger charge is 2.18. The minimum Gasteiger partial charge on any atom is -0.480 e. The van der Waals surface area contributed by atoms with Crippen LogP contribution >= 0.6 is 0 Å². The number of aliphatic hydroxyl groups is 1. The number of amides is 2.